The Hall–Kier alpha value is -2.34. The van der Waals surface area contributed by atoms with E-state index in [1.807, 2.05) is 31.2 Å². The molecule has 2 aromatic rings. The standard InChI is InChI=1S/C19H24N2O4/c1-3-24-12-14-13-8-4-5-10-16(13)25-17(14)19(23)21-11-7-6-9-15(21)18(22)20-2/h4-5,8,10,15H,3,6-7,9,11-12H2,1-2H3,(H,20,22). The second-order valence-electron chi connectivity index (χ2n) is 6.17. The number of piperidine rings is 1. The summed E-state index contributed by atoms with van der Waals surface area (Å²) in [5.74, 6) is -0.0832. The van der Waals surface area contributed by atoms with Gasteiger partial charge in [0, 0.05) is 31.1 Å². The van der Waals surface area contributed by atoms with Crippen LogP contribution >= 0.6 is 0 Å². The molecule has 1 N–H and O–H groups in total. The van der Waals surface area contributed by atoms with Crippen molar-refractivity contribution in [2.75, 3.05) is 20.2 Å². The number of ether oxygens (including phenoxy) is 1. The SMILES string of the molecule is CCOCc1c(C(=O)N2CCCCC2C(=O)NC)oc2ccccc12. The molecule has 0 bridgehead atoms. The van der Waals surface area contributed by atoms with Gasteiger partial charge in [0.1, 0.15) is 11.6 Å². The molecular formula is C19H24N2O4. The van der Waals surface area contributed by atoms with E-state index in [2.05, 4.69) is 5.32 Å². The van der Waals surface area contributed by atoms with Gasteiger partial charge in [0.2, 0.25) is 5.91 Å². The van der Waals surface area contributed by atoms with Gasteiger partial charge in [0.05, 0.1) is 6.61 Å². The van der Waals surface area contributed by atoms with Crippen LogP contribution in [0, 0.1) is 0 Å². The maximum Gasteiger partial charge on any atom is 0.290 e. The average Bonchev–Trinajstić information content (AvgIpc) is 3.03. The van der Waals surface area contributed by atoms with Crippen LogP contribution in [0.3, 0.4) is 0 Å². The molecule has 0 spiro atoms. The second kappa shape index (κ2) is 7.70. The first-order chi connectivity index (χ1) is 12.2. The summed E-state index contributed by atoms with van der Waals surface area (Å²) in [6, 6.07) is 7.11. The molecule has 1 aromatic heterocycles. The van der Waals surface area contributed by atoms with Crippen LogP contribution in [0.5, 0.6) is 0 Å². The molecular weight excluding hydrogens is 320 g/mol. The third-order valence-corrected chi connectivity index (χ3v) is 4.66. The molecule has 1 atom stereocenters. The number of nitrogens with zero attached hydrogens (tertiary/aromatic N) is 1. The number of amides is 2. The molecule has 134 valence electrons. The predicted molar refractivity (Wildman–Crippen MR) is 94.3 cm³/mol. The van der Waals surface area contributed by atoms with Gasteiger partial charge in [-0.1, -0.05) is 18.2 Å². The number of carbonyl (C=O) groups is 2. The van der Waals surface area contributed by atoms with Gasteiger partial charge in [-0.05, 0) is 32.3 Å². The molecule has 1 unspecified atom stereocenters. The zero-order chi connectivity index (χ0) is 17.8. The highest BCUT2D eigenvalue weighted by Gasteiger charge is 2.35. The first kappa shape index (κ1) is 17.5. The molecule has 1 aliphatic rings. The summed E-state index contributed by atoms with van der Waals surface area (Å²) in [5.41, 5.74) is 1.41. The quantitative estimate of drug-likeness (QED) is 0.905. The fraction of sp³-hybridized carbons (Fsp3) is 0.474. The van der Waals surface area contributed by atoms with Crippen molar-refractivity contribution in [2.24, 2.45) is 0 Å². The highest BCUT2D eigenvalue weighted by molar-refractivity contribution is 6.01. The number of benzene rings is 1. The van der Waals surface area contributed by atoms with Crippen molar-refractivity contribution in [3.63, 3.8) is 0 Å². The fourth-order valence-electron chi connectivity index (χ4n) is 3.36. The first-order valence-electron chi connectivity index (χ1n) is 8.78. The molecule has 2 amide bonds. The van der Waals surface area contributed by atoms with Crippen LogP contribution in [0.25, 0.3) is 11.0 Å². The van der Waals surface area contributed by atoms with Crippen LogP contribution in [-0.4, -0.2) is 43.0 Å². The Labute approximate surface area is 147 Å². The zero-order valence-electron chi connectivity index (χ0n) is 14.7. The summed E-state index contributed by atoms with van der Waals surface area (Å²) in [7, 11) is 1.60. The van der Waals surface area contributed by atoms with E-state index >= 15 is 0 Å². The van der Waals surface area contributed by atoms with E-state index in [-0.39, 0.29) is 17.6 Å². The Balaban J connectivity index is 1.99. The van der Waals surface area contributed by atoms with Crippen LogP contribution in [0.1, 0.15) is 42.3 Å². The van der Waals surface area contributed by atoms with Crippen LogP contribution < -0.4 is 5.32 Å². The van der Waals surface area contributed by atoms with E-state index < -0.39 is 6.04 Å². The van der Waals surface area contributed by atoms with Crippen molar-refractivity contribution in [3.05, 3.63) is 35.6 Å². The van der Waals surface area contributed by atoms with Gasteiger partial charge in [-0.2, -0.15) is 0 Å². The number of rotatable bonds is 5. The molecule has 0 aliphatic carbocycles. The molecule has 25 heavy (non-hydrogen) atoms. The van der Waals surface area contributed by atoms with Crippen molar-refractivity contribution in [1.29, 1.82) is 0 Å². The Morgan fingerprint density at radius 1 is 1.32 bits per heavy atom. The number of fused-ring (bicyclic) bond motifs is 1. The van der Waals surface area contributed by atoms with Gasteiger partial charge in [-0.15, -0.1) is 0 Å². The summed E-state index contributed by atoms with van der Waals surface area (Å²) in [5, 5.41) is 3.54. The summed E-state index contributed by atoms with van der Waals surface area (Å²) >= 11 is 0. The van der Waals surface area contributed by atoms with Crippen LogP contribution in [0.15, 0.2) is 28.7 Å². The number of para-hydroxylation sites is 1. The average molecular weight is 344 g/mol. The van der Waals surface area contributed by atoms with Crippen molar-refractivity contribution >= 4 is 22.8 Å². The Bertz CT molecular complexity index is 768. The summed E-state index contributed by atoms with van der Waals surface area (Å²) in [4.78, 5) is 27.0. The number of hydrogen-bond donors (Lipinski definition) is 1. The number of furan rings is 1. The number of likely N-dealkylation sites (N-methyl/N-ethyl adjacent to an activating group) is 1. The maximum atomic E-state index is 13.2. The molecule has 1 saturated heterocycles. The minimum Gasteiger partial charge on any atom is -0.451 e. The lowest BCUT2D eigenvalue weighted by atomic mass is 10.0. The fourth-order valence-corrected chi connectivity index (χ4v) is 3.36. The van der Waals surface area contributed by atoms with Gasteiger partial charge in [0.25, 0.3) is 5.91 Å². The van der Waals surface area contributed by atoms with Crippen molar-refractivity contribution in [2.45, 2.75) is 38.8 Å². The lowest BCUT2D eigenvalue weighted by Crippen LogP contribution is -2.51. The molecule has 3 rings (SSSR count). The van der Waals surface area contributed by atoms with E-state index in [0.717, 1.165) is 23.8 Å². The van der Waals surface area contributed by atoms with E-state index in [1.165, 1.54) is 0 Å². The molecule has 2 heterocycles. The second-order valence-corrected chi connectivity index (χ2v) is 6.17. The normalized spacial score (nSPS) is 17.7. The van der Waals surface area contributed by atoms with Crippen molar-refractivity contribution in [3.8, 4) is 0 Å². The summed E-state index contributed by atoms with van der Waals surface area (Å²) in [6.45, 7) is 3.34. The van der Waals surface area contributed by atoms with Gasteiger partial charge in [0.15, 0.2) is 5.76 Å². The molecule has 1 aliphatic heterocycles. The van der Waals surface area contributed by atoms with Crippen molar-refractivity contribution < 1.29 is 18.7 Å². The van der Waals surface area contributed by atoms with Crippen LogP contribution in [-0.2, 0) is 16.1 Å². The summed E-state index contributed by atoms with van der Waals surface area (Å²) < 4.78 is 11.4. The molecule has 6 heteroatoms. The summed E-state index contributed by atoms with van der Waals surface area (Å²) in [6.07, 6.45) is 2.50. The third-order valence-electron chi connectivity index (χ3n) is 4.66. The number of likely N-dealkylation sites (tertiary alicyclic amines) is 1. The topological polar surface area (TPSA) is 71.8 Å². The molecule has 6 nitrogen and oxygen atoms in total. The minimum atomic E-state index is -0.445. The van der Waals surface area contributed by atoms with E-state index in [1.54, 1.807) is 11.9 Å². The Kier molecular flexibility index (Phi) is 5.38. The molecule has 1 aromatic carbocycles. The van der Waals surface area contributed by atoms with Crippen molar-refractivity contribution in [1.82, 2.24) is 10.2 Å². The largest absolute Gasteiger partial charge is 0.451 e. The molecule has 1 fully saturated rings. The monoisotopic (exact) mass is 344 g/mol. The Morgan fingerprint density at radius 3 is 2.88 bits per heavy atom. The smallest absolute Gasteiger partial charge is 0.290 e. The van der Waals surface area contributed by atoms with E-state index in [4.69, 9.17) is 9.15 Å². The third kappa shape index (κ3) is 3.39. The van der Waals surface area contributed by atoms with Gasteiger partial charge >= 0.3 is 0 Å². The molecule has 0 saturated carbocycles. The van der Waals surface area contributed by atoms with Crippen LogP contribution in [0.2, 0.25) is 0 Å². The lowest BCUT2D eigenvalue weighted by molar-refractivity contribution is -0.126. The lowest BCUT2D eigenvalue weighted by Gasteiger charge is -2.34. The first-order valence-corrected chi connectivity index (χ1v) is 8.78. The van der Waals surface area contributed by atoms with Crippen LogP contribution in [0.4, 0.5) is 0 Å². The minimum absolute atomic E-state index is 0.129. The highest BCUT2D eigenvalue weighted by Crippen LogP contribution is 2.29. The number of hydrogen-bond acceptors (Lipinski definition) is 4. The van der Waals surface area contributed by atoms with E-state index in [9.17, 15) is 9.59 Å². The Morgan fingerprint density at radius 2 is 2.12 bits per heavy atom. The maximum absolute atomic E-state index is 13.2. The molecule has 0 radical (unpaired) electrons. The zero-order valence-corrected chi connectivity index (χ0v) is 14.7. The number of nitrogens with one attached hydrogen (secondary N) is 1. The van der Waals surface area contributed by atoms with Gasteiger partial charge in [-0.25, -0.2) is 0 Å². The highest BCUT2D eigenvalue weighted by atomic mass is 16.5. The van der Waals surface area contributed by atoms with Gasteiger partial charge in [-0.3, -0.25) is 9.59 Å². The van der Waals surface area contributed by atoms with Gasteiger partial charge < -0.3 is 19.4 Å². The van der Waals surface area contributed by atoms with E-state index in [0.29, 0.717) is 31.8 Å². The number of carbonyl (C=O) groups excluding carboxylic acids is 2. The predicted octanol–water partition coefficient (Wildman–Crippen LogP) is 2.71.